The molecule has 0 saturated carbocycles. The van der Waals surface area contributed by atoms with Crippen molar-refractivity contribution in [2.75, 3.05) is 0 Å². The van der Waals surface area contributed by atoms with Crippen molar-refractivity contribution in [1.29, 1.82) is 0 Å². The van der Waals surface area contributed by atoms with Gasteiger partial charge in [-0.05, 0) is 37.5 Å². The second-order valence-electron chi connectivity index (χ2n) is 5.15. The lowest BCUT2D eigenvalue weighted by Crippen LogP contribution is -2.48. The molecule has 2 N–H and O–H groups in total. The summed E-state index contributed by atoms with van der Waals surface area (Å²) in [6, 6.07) is 6.43. The molecule has 0 aliphatic rings. The highest BCUT2D eigenvalue weighted by molar-refractivity contribution is 5.86. The van der Waals surface area contributed by atoms with E-state index in [-0.39, 0.29) is 5.92 Å². The zero-order valence-electron chi connectivity index (χ0n) is 12.2. The van der Waals surface area contributed by atoms with E-state index in [0.717, 1.165) is 5.56 Å². The van der Waals surface area contributed by atoms with Gasteiger partial charge in [0.15, 0.2) is 6.10 Å². The standard InChI is InChI=1S/C15H21NO4/c1-9(2)13(15(18)19)16-14(17)11(4)20-12-7-5-6-10(3)8-12/h5-9,11,13H,1-4H3,(H,16,17)(H,18,19)/t11?,13-/m0/s1. The van der Waals surface area contributed by atoms with Crippen LogP contribution in [0.3, 0.4) is 0 Å². The van der Waals surface area contributed by atoms with E-state index in [1.807, 2.05) is 25.1 Å². The zero-order valence-corrected chi connectivity index (χ0v) is 12.2. The molecular weight excluding hydrogens is 258 g/mol. The molecule has 20 heavy (non-hydrogen) atoms. The summed E-state index contributed by atoms with van der Waals surface area (Å²) in [6.45, 7) is 7.00. The molecule has 0 radical (unpaired) electrons. The predicted octanol–water partition coefficient (Wildman–Crippen LogP) is 1.99. The van der Waals surface area contributed by atoms with E-state index < -0.39 is 24.0 Å². The summed E-state index contributed by atoms with van der Waals surface area (Å²) in [6.07, 6.45) is -0.752. The summed E-state index contributed by atoms with van der Waals surface area (Å²) < 4.78 is 5.51. The topological polar surface area (TPSA) is 75.6 Å². The maximum absolute atomic E-state index is 12.0. The lowest BCUT2D eigenvalue weighted by atomic mass is 10.0. The van der Waals surface area contributed by atoms with Gasteiger partial charge in [-0.2, -0.15) is 0 Å². The van der Waals surface area contributed by atoms with Gasteiger partial charge in [0, 0.05) is 0 Å². The van der Waals surface area contributed by atoms with Crippen LogP contribution in [0.25, 0.3) is 0 Å². The van der Waals surface area contributed by atoms with Gasteiger partial charge >= 0.3 is 5.97 Å². The molecule has 0 fully saturated rings. The van der Waals surface area contributed by atoms with Gasteiger partial charge in [0.05, 0.1) is 0 Å². The first-order chi connectivity index (χ1) is 9.31. The molecule has 0 bridgehead atoms. The summed E-state index contributed by atoms with van der Waals surface area (Å²) in [5, 5.41) is 11.5. The van der Waals surface area contributed by atoms with E-state index >= 15 is 0 Å². The molecule has 1 rings (SSSR count). The Kier molecular flexibility index (Phi) is 5.55. The Morgan fingerprint density at radius 3 is 2.40 bits per heavy atom. The Morgan fingerprint density at radius 1 is 1.25 bits per heavy atom. The molecule has 0 aliphatic heterocycles. The minimum absolute atomic E-state index is 0.192. The van der Waals surface area contributed by atoms with Crippen molar-refractivity contribution in [3.05, 3.63) is 29.8 Å². The number of rotatable bonds is 6. The minimum Gasteiger partial charge on any atom is -0.481 e. The Labute approximate surface area is 118 Å². The van der Waals surface area contributed by atoms with Crippen LogP contribution >= 0.6 is 0 Å². The first-order valence-corrected chi connectivity index (χ1v) is 6.57. The Morgan fingerprint density at radius 2 is 1.90 bits per heavy atom. The molecule has 1 unspecified atom stereocenters. The second kappa shape index (κ2) is 6.93. The van der Waals surface area contributed by atoms with Crippen LogP contribution in [0.2, 0.25) is 0 Å². The third kappa shape index (κ3) is 4.57. The predicted molar refractivity (Wildman–Crippen MR) is 75.7 cm³/mol. The minimum atomic E-state index is -1.05. The summed E-state index contributed by atoms with van der Waals surface area (Å²) in [5.41, 5.74) is 1.03. The van der Waals surface area contributed by atoms with Crippen molar-refractivity contribution >= 4 is 11.9 Å². The van der Waals surface area contributed by atoms with Gasteiger partial charge in [-0.25, -0.2) is 4.79 Å². The second-order valence-corrected chi connectivity index (χ2v) is 5.15. The van der Waals surface area contributed by atoms with Crippen LogP contribution in [0, 0.1) is 12.8 Å². The van der Waals surface area contributed by atoms with Crippen LogP contribution in [0.15, 0.2) is 24.3 Å². The number of carbonyl (C=O) groups is 2. The summed E-state index contributed by atoms with van der Waals surface area (Å²) in [5.74, 6) is -1.09. The molecule has 0 spiro atoms. The number of aryl methyl sites for hydroxylation is 1. The van der Waals surface area contributed by atoms with Gasteiger partial charge in [-0.15, -0.1) is 0 Å². The fourth-order valence-electron chi connectivity index (χ4n) is 1.73. The van der Waals surface area contributed by atoms with E-state index in [1.54, 1.807) is 26.8 Å². The van der Waals surface area contributed by atoms with Gasteiger partial charge in [0.1, 0.15) is 11.8 Å². The third-order valence-electron chi connectivity index (χ3n) is 2.90. The summed E-state index contributed by atoms with van der Waals surface area (Å²) in [4.78, 5) is 23.0. The van der Waals surface area contributed by atoms with E-state index in [0.29, 0.717) is 5.75 Å². The quantitative estimate of drug-likeness (QED) is 0.835. The smallest absolute Gasteiger partial charge is 0.326 e. The van der Waals surface area contributed by atoms with Crippen LogP contribution in [-0.2, 0) is 9.59 Å². The Balaban J connectivity index is 2.65. The van der Waals surface area contributed by atoms with E-state index in [2.05, 4.69) is 5.32 Å². The molecule has 0 aromatic heterocycles. The van der Waals surface area contributed by atoms with Crippen LogP contribution in [-0.4, -0.2) is 29.1 Å². The third-order valence-corrected chi connectivity index (χ3v) is 2.90. The fourth-order valence-corrected chi connectivity index (χ4v) is 1.73. The highest BCUT2D eigenvalue weighted by Gasteiger charge is 2.26. The van der Waals surface area contributed by atoms with Crippen molar-refractivity contribution < 1.29 is 19.4 Å². The van der Waals surface area contributed by atoms with Crippen molar-refractivity contribution in [2.45, 2.75) is 39.8 Å². The first kappa shape index (κ1) is 16.0. The average molecular weight is 279 g/mol. The molecule has 5 nitrogen and oxygen atoms in total. The van der Waals surface area contributed by atoms with Crippen LogP contribution in [0.1, 0.15) is 26.3 Å². The molecule has 0 heterocycles. The van der Waals surface area contributed by atoms with Gasteiger partial charge in [0.2, 0.25) is 0 Å². The molecule has 1 amide bonds. The van der Waals surface area contributed by atoms with E-state index in [4.69, 9.17) is 9.84 Å². The van der Waals surface area contributed by atoms with E-state index in [1.165, 1.54) is 0 Å². The molecule has 0 aliphatic carbocycles. The summed E-state index contributed by atoms with van der Waals surface area (Å²) in [7, 11) is 0. The molecule has 5 heteroatoms. The number of benzene rings is 1. The van der Waals surface area contributed by atoms with Crippen molar-refractivity contribution in [3.63, 3.8) is 0 Å². The number of amides is 1. The van der Waals surface area contributed by atoms with E-state index in [9.17, 15) is 9.59 Å². The number of hydrogen-bond acceptors (Lipinski definition) is 3. The average Bonchev–Trinajstić information content (AvgIpc) is 2.34. The number of hydrogen-bond donors (Lipinski definition) is 2. The lowest BCUT2D eigenvalue weighted by molar-refractivity contribution is -0.144. The van der Waals surface area contributed by atoms with Crippen LogP contribution in [0.4, 0.5) is 0 Å². The SMILES string of the molecule is Cc1cccc(OC(C)C(=O)N[C@H](C(=O)O)C(C)C)c1. The summed E-state index contributed by atoms with van der Waals surface area (Å²) >= 11 is 0. The number of carbonyl (C=O) groups excluding carboxylic acids is 1. The molecule has 1 aromatic rings. The maximum Gasteiger partial charge on any atom is 0.326 e. The molecular formula is C15H21NO4. The van der Waals surface area contributed by atoms with Crippen LogP contribution in [0.5, 0.6) is 5.75 Å². The van der Waals surface area contributed by atoms with Gasteiger partial charge < -0.3 is 15.2 Å². The highest BCUT2D eigenvalue weighted by Crippen LogP contribution is 2.14. The molecule has 2 atom stereocenters. The zero-order chi connectivity index (χ0) is 15.3. The number of carboxylic acids is 1. The Hall–Kier alpha value is -2.04. The normalized spacial score (nSPS) is 13.7. The van der Waals surface area contributed by atoms with Gasteiger partial charge in [-0.1, -0.05) is 26.0 Å². The first-order valence-electron chi connectivity index (χ1n) is 6.57. The largest absolute Gasteiger partial charge is 0.481 e. The highest BCUT2D eigenvalue weighted by atomic mass is 16.5. The number of aliphatic carboxylic acids is 1. The fraction of sp³-hybridized carbons (Fsp3) is 0.467. The van der Waals surface area contributed by atoms with Crippen LogP contribution < -0.4 is 10.1 Å². The van der Waals surface area contributed by atoms with Gasteiger partial charge in [0.25, 0.3) is 5.91 Å². The Bertz CT molecular complexity index is 485. The maximum atomic E-state index is 12.0. The van der Waals surface area contributed by atoms with Crippen molar-refractivity contribution in [3.8, 4) is 5.75 Å². The van der Waals surface area contributed by atoms with Gasteiger partial charge in [-0.3, -0.25) is 4.79 Å². The molecule has 110 valence electrons. The number of nitrogens with one attached hydrogen (secondary N) is 1. The number of carboxylic acid groups (broad SMARTS) is 1. The molecule has 0 saturated heterocycles. The number of ether oxygens (including phenoxy) is 1. The molecule has 1 aromatic carbocycles. The lowest BCUT2D eigenvalue weighted by Gasteiger charge is -2.21. The monoisotopic (exact) mass is 279 g/mol. The van der Waals surface area contributed by atoms with Crippen molar-refractivity contribution in [2.24, 2.45) is 5.92 Å². The van der Waals surface area contributed by atoms with Crippen molar-refractivity contribution in [1.82, 2.24) is 5.32 Å².